The van der Waals surface area contributed by atoms with Crippen LogP contribution in [0.25, 0.3) is 0 Å². The molecule has 1 aliphatic rings. The van der Waals surface area contributed by atoms with Crippen molar-refractivity contribution in [1.82, 2.24) is 4.90 Å². The fraction of sp³-hybridized carbons (Fsp3) is 0.643. The van der Waals surface area contributed by atoms with Crippen molar-refractivity contribution in [3.63, 3.8) is 0 Å². The van der Waals surface area contributed by atoms with Crippen molar-refractivity contribution in [1.29, 1.82) is 0 Å². The normalized spacial score (nSPS) is 18.4. The number of nitrogens with zero attached hydrogens (tertiary/aromatic N) is 1. The van der Waals surface area contributed by atoms with Crippen LogP contribution < -0.4 is 0 Å². The first-order chi connectivity index (χ1) is 8.58. The number of thiophene rings is 1. The highest BCUT2D eigenvalue weighted by Gasteiger charge is 2.31. The zero-order valence-electron chi connectivity index (χ0n) is 11.0. The van der Waals surface area contributed by atoms with Crippen LogP contribution in [0.15, 0.2) is 17.5 Å². The van der Waals surface area contributed by atoms with E-state index in [4.69, 9.17) is 0 Å². The second-order valence-electron chi connectivity index (χ2n) is 5.31. The topological polar surface area (TPSA) is 40.5 Å². The molecule has 0 spiro atoms. The van der Waals surface area contributed by atoms with E-state index in [2.05, 4.69) is 6.07 Å². The molecule has 0 radical (unpaired) electrons. The quantitative estimate of drug-likeness (QED) is 0.858. The lowest BCUT2D eigenvalue weighted by atomic mass is 10.1. The van der Waals surface area contributed by atoms with Crippen LogP contribution in [0.5, 0.6) is 0 Å². The molecule has 0 aromatic carbocycles. The van der Waals surface area contributed by atoms with E-state index in [0.29, 0.717) is 12.5 Å². The fourth-order valence-corrected chi connectivity index (χ4v) is 3.03. The average molecular weight is 267 g/mol. The van der Waals surface area contributed by atoms with Crippen molar-refractivity contribution in [2.45, 2.75) is 32.3 Å². The Bertz CT molecular complexity index is 387. The second-order valence-corrected chi connectivity index (χ2v) is 6.34. The predicted molar refractivity (Wildman–Crippen MR) is 73.6 cm³/mol. The molecule has 1 aromatic heterocycles. The van der Waals surface area contributed by atoms with Gasteiger partial charge in [-0.05, 0) is 36.6 Å². The third kappa shape index (κ3) is 3.56. The first kappa shape index (κ1) is 13.6. The van der Waals surface area contributed by atoms with E-state index in [0.717, 1.165) is 19.3 Å². The second kappa shape index (κ2) is 5.85. The summed E-state index contributed by atoms with van der Waals surface area (Å²) in [4.78, 5) is 15.1. The van der Waals surface area contributed by atoms with E-state index in [1.807, 2.05) is 18.4 Å². The Kier molecular flexibility index (Phi) is 4.40. The zero-order valence-corrected chi connectivity index (χ0v) is 11.8. The third-order valence-electron chi connectivity index (χ3n) is 3.51. The van der Waals surface area contributed by atoms with Gasteiger partial charge in [-0.3, -0.25) is 4.79 Å². The molecule has 1 amide bonds. The average Bonchev–Trinajstić information content (AvgIpc) is 3.08. The van der Waals surface area contributed by atoms with E-state index in [1.54, 1.807) is 23.3 Å². The minimum atomic E-state index is -0.340. The molecule has 0 aliphatic heterocycles. The molecule has 1 saturated carbocycles. The summed E-state index contributed by atoms with van der Waals surface area (Å²) in [7, 11) is 1.79. The van der Waals surface area contributed by atoms with Gasteiger partial charge in [-0.1, -0.05) is 13.0 Å². The SMILES string of the molecule is CC(Cc1cccs1)C(=O)N(C)CC(O)C1CC1. The minimum absolute atomic E-state index is 0.0138. The number of carbonyl (C=O) groups excluding carboxylic acids is 1. The largest absolute Gasteiger partial charge is 0.391 e. The smallest absolute Gasteiger partial charge is 0.225 e. The molecule has 1 heterocycles. The number of hydrogen-bond acceptors (Lipinski definition) is 3. The summed E-state index contributed by atoms with van der Waals surface area (Å²) in [5, 5.41) is 11.9. The molecule has 4 heteroatoms. The molecule has 3 nitrogen and oxygen atoms in total. The van der Waals surface area contributed by atoms with Crippen molar-refractivity contribution in [2.24, 2.45) is 11.8 Å². The Balaban J connectivity index is 1.81. The Labute approximate surface area is 112 Å². The molecule has 18 heavy (non-hydrogen) atoms. The van der Waals surface area contributed by atoms with Gasteiger partial charge in [-0.15, -0.1) is 11.3 Å². The highest BCUT2D eigenvalue weighted by molar-refractivity contribution is 7.09. The minimum Gasteiger partial charge on any atom is -0.391 e. The molecule has 2 rings (SSSR count). The molecule has 100 valence electrons. The number of hydrogen-bond donors (Lipinski definition) is 1. The maximum Gasteiger partial charge on any atom is 0.225 e. The summed E-state index contributed by atoms with van der Waals surface area (Å²) >= 11 is 1.69. The summed E-state index contributed by atoms with van der Waals surface area (Å²) < 4.78 is 0. The lowest BCUT2D eigenvalue weighted by Crippen LogP contribution is -2.38. The number of aliphatic hydroxyl groups excluding tert-OH is 1. The van der Waals surface area contributed by atoms with Gasteiger partial charge in [0.1, 0.15) is 0 Å². The molecule has 1 N–H and O–H groups in total. The maximum atomic E-state index is 12.2. The van der Waals surface area contributed by atoms with E-state index >= 15 is 0 Å². The number of likely N-dealkylation sites (N-methyl/N-ethyl adjacent to an activating group) is 1. The van der Waals surface area contributed by atoms with Gasteiger partial charge in [-0.25, -0.2) is 0 Å². The molecular formula is C14H21NO2S. The molecular weight excluding hydrogens is 246 g/mol. The summed E-state index contributed by atoms with van der Waals surface area (Å²) in [5.74, 6) is 0.538. The van der Waals surface area contributed by atoms with E-state index in [-0.39, 0.29) is 17.9 Å². The van der Waals surface area contributed by atoms with Crippen molar-refractivity contribution in [2.75, 3.05) is 13.6 Å². The molecule has 2 atom stereocenters. The molecule has 2 unspecified atom stereocenters. The molecule has 1 aromatic rings. The summed E-state index contributed by atoms with van der Waals surface area (Å²) in [6.45, 7) is 2.43. The first-order valence-electron chi connectivity index (χ1n) is 6.53. The maximum absolute atomic E-state index is 12.2. The first-order valence-corrected chi connectivity index (χ1v) is 7.41. The van der Waals surface area contributed by atoms with Crippen molar-refractivity contribution in [3.8, 4) is 0 Å². The third-order valence-corrected chi connectivity index (χ3v) is 4.41. The Morgan fingerprint density at radius 3 is 2.89 bits per heavy atom. The van der Waals surface area contributed by atoms with Gasteiger partial charge in [0, 0.05) is 24.4 Å². The van der Waals surface area contributed by atoms with Crippen LogP contribution in [0.1, 0.15) is 24.6 Å². The van der Waals surface area contributed by atoms with Crippen LogP contribution in [-0.4, -0.2) is 35.6 Å². The van der Waals surface area contributed by atoms with Gasteiger partial charge in [-0.2, -0.15) is 0 Å². The monoisotopic (exact) mass is 267 g/mol. The Hall–Kier alpha value is -0.870. The van der Waals surface area contributed by atoms with E-state index in [9.17, 15) is 9.90 Å². The summed E-state index contributed by atoms with van der Waals surface area (Å²) in [5.41, 5.74) is 0. The van der Waals surface area contributed by atoms with Gasteiger partial charge in [0.15, 0.2) is 0 Å². The van der Waals surface area contributed by atoms with Crippen LogP contribution in [0.4, 0.5) is 0 Å². The van der Waals surface area contributed by atoms with E-state index in [1.165, 1.54) is 4.88 Å². The van der Waals surface area contributed by atoms with Crippen LogP contribution in [-0.2, 0) is 11.2 Å². The number of carbonyl (C=O) groups is 1. The molecule has 1 fully saturated rings. The van der Waals surface area contributed by atoms with Gasteiger partial charge in [0.25, 0.3) is 0 Å². The number of aliphatic hydroxyl groups is 1. The van der Waals surface area contributed by atoms with Gasteiger partial charge in [0.05, 0.1) is 6.10 Å². The lowest BCUT2D eigenvalue weighted by Gasteiger charge is -2.23. The number of rotatable bonds is 6. The predicted octanol–water partition coefficient (Wildman–Crippen LogP) is 2.16. The Morgan fingerprint density at radius 1 is 1.61 bits per heavy atom. The molecule has 0 bridgehead atoms. The van der Waals surface area contributed by atoms with Gasteiger partial charge in [0.2, 0.25) is 5.91 Å². The van der Waals surface area contributed by atoms with Crippen LogP contribution >= 0.6 is 11.3 Å². The highest BCUT2D eigenvalue weighted by Crippen LogP contribution is 2.32. The van der Waals surface area contributed by atoms with Crippen LogP contribution in [0.3, 0.4) is 0 Å². The standard InChI is InChI=1S/C14H21NO2S/c1-10(8-12-4-3-7-18-12)14(17)15(2)9-13(16)11-5-6-11/h3-4,7,10-11,13,16H,5-6,8-9H2,1-2H3. The van der Waals surface area contributed by atoms with Gasteiger partial charge >= 0.3 is 0 Å². The van der Waals surface area contributed by atoms with Crippen molar-refractivity contribution < 1.29 is 9.90 Å². The van der Waals surface area contributed by atoms with Crippen LogP contribution in [0, 0.1) is 11.8 Å². The molecule has 1 aliphatic carbocycles. The van der Waals surface area contributed by atoms with Gasteiger partial charge < -0.3 is 10.0 Å². The Morgan fingerprint density at radius 2 is 2.33 bits per heavy atom. The summed E-state index contributed by atoms with van der Waals surface area (Å²) in [6.07, 6.45) is 2.66. The van der Waals surface area contributed by atoms with E-state index < -0.39 is 0 Å². The lowest BCUT2D eigenvalue weighted by molar-refractivity contribution is -0.135. The zero-order chi connectivity index (χ0) is 13.1. The number of amides is 1. The fourth-order valence-electron chi connectivity index (χ4n) is 2.19. The highest BCUT2D eigenvalue weighted by atomic mass is 32.1. The van der Waals surface area contributed by atoms with Crippen LogP contribution in [0.2, 0.25) is 0 Å². The summed E-state index contributed by atoms with van der Waals surface area (Å²) in [6, 6.07) is 4.07. The van der Waals surface area contributed by atoms with Crippen molar-refractivity contribution >= 4 is 17.2 Å². The molecule has 0 saturated heterocycles. The van der Waals surface area contributed by atoms with Crippen molar-refractivity contribution in [3.05, 3.63) is 22.4 Å².